The highest BCUT2D eigenvalue weighted by atomic mass is 35.5. The lowest BCUT2D eigenvalue weighted by Crippen LogP contribution is -1.89. The van der Waals surface area contributed by atoms with Crippen LogP contribution in [-0.2, 0) is 0 Å². The number of benzene rings is 2. The number of fused-ring (bicyclic) bond motifs is 2. The molecule has 3 rings (SSSR count). The Kier molecular flexibility index (Phi) is 5.69. The topological polar surface area (TPSA) is 25.8 Å². The third kappa shape index (κ3) is 3.80. The monoisotopic (exact) mass is 368 g/mol. The van der Waals surface area contributed by atoms with Gasteiger partial charge in [0, 0.05) is 33.1 Å². The van der Waals surface area contributed by atoms with E-state index in [0.29, 0.717) is 11.8 Å². The molecule has 0 saturated carbocycles. The first-order valence-corrected chi connectivity index (χ1v) is 9.93. The number of rotatable bonds is 6. The van der Waals surface area contributed by atoms with E-state index in [1.54, 1.807) is 23.5 Å². The van der Waals surface area contributed by atoms with Gasteiger partial charge < -0.3 is 0 Å². The average Bonchev–Trinajstić information content (AvgIpc) is 2.56. The molecule has 3 aromatic rings. The van der Waals surface area contributed by atoms with Crippen molar-refractivity contribution in [2.45, 2.75) is 9.79 Å². The zero-order chi connectivity index (χ0) is 15.4. The van der Waals surface area contributed by atoms with Gasteiger partial charge in [0.2, 0.25) is 0 Å². The minimum Gasteiger partial charge on any atom is -0.244 e. The van der Waals surface area contributed by atoms with Crippen molar-refractivity contribution in [1.29, 1.82) is 0 Å². The van der Waals surface area contributed by atoms with Crippen molar-refractivity contribution in [2.24, 2.45) is 0 Å². The summed E-state index contributed by atoms with van der Waals surface area (Å²) >= 11 is 15.0. The van der Waals surface area contributed by atoms with E-state index in [-0.39, 0.29) is 0 Å². The number of hydrogen-bond acceptors (Lipinski definition) is 4. The van der Waals surface area contributed by atoms with Crippen LogP contribution in [0.5, 0.6) is 0 Å². The summed E-state index contributed by atoms with van der Waals surface area (Å²) in [5, 5.41) is 0. The standard InChI is InChI=1S/C16H14Cl2N2S2/c17-5-7-21-11-1-3-13-15(9-11)20-14-4-2-12(22-8-6-18)10-16(14)19-13/h1-4,9-10H,5-8H2. The van der Waals surface area contributed by atoms with Crippen molar-refractivity contribution in [3.63, 3.8) is 0 Å². The minimum absolute atomic E-state index is 0.648. The Morgan fingerprint density at radius 1 is 0.682 bits per heavy atom. The van der Waals surface area contributed by atoms with Crippen LogP contribution in [0.3, 0.4) is 0 Å². The Hall–Kier alpha value is -0.680. The molecule has 2 aromatic carbocycles. The van der Waals surface area contributed by atoms with Gasteiger partial charge in [0.25, 0.3) is 0 Å². The number of thioether (sulfide) groups is 2. The van der Waals surface area contributed by atoms with Crippen LogP contribution in [0.1, 0.15) is 0 Å². The Morgan fingerprint density at radius 2 is 1.14 bits per heavy atom. The van der Waals surface area contributed by atoms with Crippen LogP contribution in [0, 0.1) is 0 Å². The van der Waals surface area contributed by atoms with Gasteiger partial charge in [-0.1, -0.05) is 0 Å². The van der Waals surface area contributed by atoms with E-state index in [1.165, 1.54) is 9.79 Å². The summed E-state index contributed by atoms with van der Waals surface area (Å²) < 4.78 is 0. The second-order valence-electron chi connectivity index (χ2n) is 4.60. The van der Waals surface area contributed by atoms with Crippen LogP contribution in [0.25, 0.3) is 22.1 Å². The second-order valence-corrected chi connectivity index (χ2v) is 7.69. The molecule has 0 atom stereocenters. The lowest BCUT2D eigenvalue weighted by molar-refractivity contribution is 1.33. The van der Waals surface area contributed by atoms with Gasteiger partial charge in [0.15, 0.2) is 0 Å². The molecular formula is C16H14Cl2N2S2. The first kappa shape index (κ1) is 16.2. The van der Waals surface area contributed by atoms with Crippen molar-refractivity contribution >= 4 is 68.8 Å². The van der Waals surface area contributed by atoms with Gasteiger partial charge >= 0.3 is 0 Å². The average molecular weight is 369 g/mol. The fourth-order valence-corrected chi connectivity index (χ4v) is 3.93. The van der Waals surface area contributed by atoms with E-state index in [2.05, 4.69) is 24.3 Å². The summed E-state index contributed by atoms with van der Waals surface area (Å²) in [5.41, 5.74) is 3.69. The molecule has 0 fully saturated rings. The van der Waals surface area contributed by atoms with Crippen LogP contribution in [-0.4, -0.2) is 33.2 Å². The summed E-state index contributed by atoms with van der Waals surface area (Å²) in [7, 11) is 0. The molecule has 0 spiro atoms. The molecule has 6 heteroatoms. The molecule has 0 aliphatic carbocycles. The number of alkyl halides is 2. The number of halogens is 2. The first-order valence-electron chi connectivity index (χ1n) is 6.89. The summed E-state index contributed by atoms with van der Waals surface area (Å²) in [6.45, 7) is 0. The van der Waals surface area contributed by atoms with Crippen molar-refractivity contribution in [1.82, 2.24) is 9.97 Å². The third-order valence-corrected chi connectivity index (χ3v) is 5.88. The normalized spacial score (nSPS) is 11.4. The summed E-state index contributed by atoms with van der Waals surface area (Å²) in [5.74, 6) is 3.09. The predicted octanol–water partition coefficient (Wildman–Crippen LogP) is 5.44. The maximum absolute atomic E-state index is 5.74. The van der Waals surface area contributed by atoms with E-state index in [1.807, 2.05) is 12.1 Å². The minimum atomic E-state index is 0.648. The third-order valence-electron chi connectivity index (χ3n) is 3.07. The smallest absolute Gasteiger partial charge is 0.0905 e. The number of aromatic nitrogens is 2. The van der Waals surface area contributed by atoms with E-state index >= 15 is 0 Å². The summed E-state index contributed by atoms with van der Waals surface area (Å²) in [6, 6.07) is 12.4. The molecular weight excluding hydrogens is 355 g/mol. The quantitative estimate of drug-likeness (QED) is 0.328. The van der Waals surface area contributed by atoms with Crippen molar-refractivity contribution in [2.75, 3.05) is 23.3 Å². The Labute approximate surface area is 148 Å². The molecule has 0 unspecified atom stereocenters. The van der Waals surface area contributed by atoms with E-state index < -0.39 is 0 Å². The van der Waals surface area contributed by atoms with E-state index in [0.717, 1.165) is 33.6 Å². The van der Waals surface area contributed by atoms with Crippen molar-refractivity contribution < 1.29 is 0 Å². The van der Waals surface area contributed by atoms with Gasteiger partial charge in [-0.25, -0.2) is 9.97 Å². The molecule has 0 amide bonds. The van der Waals surface area contributed by atoms with E-state index in [9.17, 15) is 0 Å². The maximum atomic E-state index is 5.74. The SMILES string of the molecule is ClCCSc1ccc2nc3cc(SCCCl)ccc3nc2c1. The van der Waals surface area contributed by atoms with Crippen molar-refractivity contribution in [3.8, 4) is 0 Å². The van der Waals surface area contributed by atoms with Gasteiger partial charge in [-0.15, -0.1) is 46.7 Å². The zero-order valence-electron chi connectivity index (χ0n) is 11.8. The first-order chi connectivity index (χ1) is 10.8. The van der Waals surface area contributed by atoms with Gasteiger partial charge in [-0.05, 0) is 36.4 Å². The molecule has 0 N–H and O–H groups in total. The zero-order valence-corrected chi connectivity index (χ0v) is 14.9. The molecule has 2 nitrogen and oxygen atoms in total. The van der Waals surface area contributed by atoms with Crippen LogP contribution in [0.15, 0.2) is 46.2 Å². The molecule has 0 radical (unpaired) electrons. The molecule has 1 aromatic heterocycles. The Morgan fingerprint density at radius 3 is 1.55 bits per heavy atom. The fourth-order valence-electron chi connectivity index (χ4n) is 2.13. The largest absolute Gasteiger partial charge is 0.244 e. The molecule has 114 valence electrons. The lowest BCUT2D eigenvalue weighted by Gasteiger charge is -2.05. The molecule has 0 aliphatic heterocycles. The van der Waals surface area contributed by atoms with Gasteiger partial charge in [-0.3, -0.25) is 0 Å². The summed E-state index contributed by atoms with van der Waals surface area (Å²) in [6.07, 6.45) is 0. The second kappa shape index (κ2) is 7.73. The Bertz CT molecular complexity index is 728. The van der Waals surface area contributed by atoms with Crippen LogP contribution in [0.4, 0.5) is 0 Å². The maximum Gasteiger partial charge on any atom is 0.0905 e. The summed E-state index contributed by atoms with van der Waals surface area (Å²) in [4.78, 5) is 11.8. The molecule has 0 aliphatic rings. The molecule has 1 heterocycles. The fraction of sp³-hybridized carbons (Fsp3) is 0.250. The molecule has 0 saturated heterocycles. The van der Waals surface area contributed by atoms with E-state index in [4.69, 9.17) is 33.2 Å². The van der Waals surface area contributed by atoms with Crippen molar-refractivity contribution in [3.05, 3.63) is 36.4 Å². The highest BCUT2D eigenvalue weighted by Gasteiger charge is 2.05. The number of hydrogen-bond donors (Lipinski definition) is 0. The highest BCUT2D eigenvalue weighted by molar-refractivity contribution is 7.99. The van der Waals surface area contributed by atoms with Gasteiger partial charge in [0.1, 0.15) is 0 Å². The van der Waals surface area contributed by atoms with Crippen LogP contribution < -0.4 is 0 Å². The Balaban J connectivity index is 1.98. The predicted molar refractivity (Wildman–Crippen MR) is 99.9 cm³/mol. The lowest BCUT2D eigenvalue weighted by atomic mass is 10.2. The highest BCUT2D eigenvalue weighted by Crippen LogP contribution is 2.26. The molecule has 22 heavy (non-hydrogen) atoms. The van der Waals surface area contributed by atoms with Gasteiger partial charge in [-0.2, -0.15) is 0 Å². The van der Waals surface area contributed by atoms with Crippen LogP contribution in [0.2, 0.25) is 0 Å². The molecule has 0 bridgehead atoms. The van der Waals surface area contributed by atoms with Gasteiger partial charge in [0.05, 0.1) is 22.1 Å². The number of nitrogens with zero attached hydrogens (tertiary/aromatic N) is 2. The van der Waals surface area contributed by atoms with Crippen LogP contribution >= 0.6 is 46.7 Å².